The highest BCUT2D eigenvalue weighted by atomic mass is 19.4. The number of aryl methyl sites for hydroxylation is 1. The molecule has 0 atom stereocenters. The van der Waals surface area contributed by atoms with Crippen LogP contribution < -0.4 is 5.32 Å². The van der Waals surface area contributed by atoms with E-state index in [-0.39, 0.29) is 11.4 Å². The lowest BCUT2D eigenvalue weighted by Crippen LogP contribution is -2.09. The third kappa shape index (κ3) is 2.59. The number of halogens is 3. The lowest BCUT2D eigenvalue weighted by atomic mass is 10.1. The van der Waals surface area contributed by atoms with Gasteiger partial charge in [-0.3, -0.25) is 0 Å². The quantitative estimate of drug-likeness (QED) is 0.909. The Kier molecular flexibility index (Phi) is 3.65. The molecule has 0 saturated carbocycles. The molecular weight excluding hydrogens is 267 g/mol. The maximum atomic E-state index is 13.0. The highest BCUT2D eigenvalue weighted by Crippen LogP contribution is 2.36. The first-order valence-electron chi connectivity index (χ1n) is 6.04. The van der Waals surface area contributed by atoms with Crippen molar-refractivity contribution in [1.82, 2.24) is 9.97 Å². The Morgan fingerprint density at radius 3 is 2.30 bits per heavy atom. The number of nitrogens with one attached hydrogen (secondary N) is 1. The molecule has 1 N–H and O–H groups in total. The van der Waals surface area contributed by atoms with E-state index in [1.54, 1.807) is 20.0 Å². The Balaban J connectivity index is 2.67. The summed E-state index contributed by atoms with van der Waals surface area (Å²) in [6.07, 6.45) is -4.43. The van der Waals surface area contributed by atoms with Gasteiger partial charge in [0, 0.05) is 23.9 Å². The van der Waals surface area contributed by atoms with E-state index in [2.05, 4.69) is 15.3 Å². The van der Waals surface area contributed by atoms with E-state index >= 15 is 0 Å². The summed E-state index contributed by atoms with van der Waals surface area (Å²) in [5, 5.41) is 2.87. The van der Waals surface area contributed by atoms with Gasteiger partial charge >= 0.3 is 6.18 Å². The lowest BCUT2D eigenvalue weighted by molar-refractivity contribution is -0.137. The maximum Gasteiger partial charge on any atom is 0.417 e. The van der Waals surface area contributed by atoms with Crippen molar-refractivity contribution in [2.45, 2.75) is 20.0 Å². The predicted octanol–water partition coefficient (Wildman–Crippen LogP) is 3.82. The normalized spacial score (nSPS) is 11.5. The molecule has 0 fully saturated rings. The monoisotopic (exact) mass is 281 g/mol. The summed E-state index contributed by atoms with van der Waals surface area (Å²) in [6, 6.07) is 5.31. The molecular formula is C14H14F3N3. The van der Waals surface area contributed by atoms with Crippen molar-refractivity contribution in [2.24, 2.45) is 0 Å². The van der Waals surface area contributed by atoms with Gasteiger partial charge in [0.1, 0.15) is 5.82 Å². The van der Waals surface area contributed by atoms with Crippen LogP contribution in [0.25, 0.3) is 11.4 Å². The van der Waals surface area contributed by atoms with Crippen molar-refractivity contribution >= 4 is 5.82 Å². The van der Waals surface area contributed by atoms with E-state index in [4.69, 9.17) is 0 Å². The van der Waals surface area contributed by atoms with Gasteiger partial charge in [0.15, 0.2) is 5.82 Å². The van der Waals surface area contributed by atoms with Crippen LogP contribution in [-0.2, 0) is 6.18 Å². The van der Waals surface area contributed by atoms with Crippen LogP contribution in [0.2, 0.25) is 0 Å². The van der Waals surface area contributed by atoms with Crippen LogP contribution in [0, 0.1) is 13.8 Å². The van der Waals surface area contributed by atoms with Gasteiger partial charge in [-0.25, -0.2) is 9.97 Å². The molecule has 6 heteroatoms. The molecule has 20 heavy (non-hydrogen) atoms. The Hall–Kier alpha value is -2.11. The fourth-order valence-corrected chi connectivity index (χ4v) is 1.92. The van der Waals surface area contributed by atoms with Crippen LogP contribution in [0.5, 0.6) is 0 Å². The average Bonchev–Trinajstić information content (AvgIpc) is 2.40. The maximum absolute atomic E-state index is 13.0. The summed E-state index contributed by atoms with van der Waals surface area (Å²) in [6.45, 7) is 3.57. The van der Waals surface area contributed by atoms with Gasteiger partial charge in [-0.15, -0.1) is 0 Å². The van der Waals surface area contributed by atoms with Crippen molar-refractivity contribution in [2.75, 3.05) is 12.4 Å². The van der Waals surface area contributed by atoms with E-state index in [9.17, 15) is 13.2 Å². The smallest absolute Gasteiger partial charge is 0.373 e. The molecule has 2 aromatic rings. The Morgan fingerprint density at radius 1 is 1.05 bits per heavy atom. The minimum atomic E-state index is -4.43. The van der Waals surface area contributed by atoms with E-state index in [1.807, 2.05) is 6.92 Å². The molecule has 0 unspecified atom stereocenters. The number of anilines is 1. The summed E-state index contributed by atoms with van der Waals surface area (Å²) in [5.41, 5.74) is 0.724. The number of alkyl halides is 3. The van der Waals surface area contributed by atoms with Crippen LogP contribution in [0.4, 0.5) is 19.0 Å². The fraction of sp³-hybridized carbons (Fsp3) is 0.286. The van der Waals surface area contributed by atoms with Crippen LogP contribution in [0.3, 0.4) is 0 Å². The number of nitrogens with zero attached hydrogens (tertiary/aromatic N) is 2. The highest BCUT2D eigenvalue weighted by Gasteiger charge is 2.34. The summed E-state index contributed by atoms with van der Waals surface area (Å²) in [4.78, 5) is 8.35. The lowest BCUT2D eigenvalue weighted by Gasteiger charge is -2.14. The first-order chi connectivity index (χ1) is 9.34. The van der Waals surface area contributed by atoms with Gasteiger partial charge in [0.25, 0.3) is 0 Å². The summed E-state index contributed by atoms with van der Waals surface area (Å²) < 4.78 is 39.1. The predicted molar refractivity (Wildman–Crippen MR) is 71.5 cm³/mol. The molecule has 0 spiro atoms. The highest BCUT2D eigenvalue weighted by molar-refractivity contribution is 5.64. The minimum absolute atomic E-state index is 0.0143. The van der Waals surface area contributed by atoms with Crippen molar-refractivity contribution in [3.8, 4) is 11.4 Å². The average molecular weight is 281 g/mol. The third-order valence-corrected chi connectivity index (χ3v) is 3.10. The number of hydrogen-bond acceptors (Lipinski definition) is 3. The topological polar surface area (TPSA) is 37.8 Å². The molecule has 106 valence electrons. The summed E-state index contributed by atoms with van der Waals surface area (Å²) in [7, 11) is 1.67. The van der Waals surface area contributed by atoms with Gasteiger partial charge in [0.2, 0.25) is 0 Å². The van der Waals surface area contributed by atoms with Crippen molar-refractivity contribution in [1.29, 1.82) is 0 Å². The SMILES string of the molecule is CNc1nc(-c2ccccc2C(F)(F)F)nc(C)c1C. The van der Waals surface area contributed by atoms with Crippen LogP contribution in [0.15, 0.2) is 24.3 Å². The molecule has 1 heterocycles. The molecule has 0 aliphatic rings. The van der Waals surface area contributed by atoms with E-state index in [1.165, 1.54) is 12.1 Å². The second-order valence-corrected chi connectivity index (χ2v) is 4.40. The number of aromatic nitrogens is 2. The third-order valence-electron chi connectivity index (χ3n) is 3.10. The van der Waals surface area contributed by atoms with Gasteiger partial charge in [-0.2, -0.15) is 13.2 Å². The molecule has 1 aromatic heterocycles. The van der Waals surface area contributed by atoms with Gasteiger partial charge in [0.05, 0.1) is 5.56 Å². The zero-order valence-corrected chi connectivity index (χ0v) is 11.3. The first-order valence-corrected chi connectivity index (χ1v) is 6.04. The Labute approximate surface area is 114 Å². The molecule has 0 bridgehead atoms. The molecule has 1 aromatic carbocycles. The fourth-order valence-electron chi connectivity index (χ4n) is 1.92. The van der Waals surface area contributed by atoms with E-state index in [0.717, 1.165) is 11.6 Å². The Morgan fingerprint density at radius 2 is 1.70 bits per heavy atom. The molecule has 0 aliphatic heterocycles. The first kappa shape index (κ1) is 14.3. The summed E-state index contributed by atoms with van der Waals surface area (Å²) >= 11 is 0. The Bertz CT molecular complexity index is 636. The second-order valence-electron chi connectivity index (χ2n) is 4.40. The minimum Gasteiger partial charge on any atom is -0.373 e. The van der Waals surface area contributed by atoms with Crippen molar-refractivity contribution in [3.05, 3.63) is 41.1 Å². The summed E-state index contributed by atoms with van der Waals surface area (Å²) in [5.74, 6) is 0.606. The zero-order valence-electron chi connectivity index (χ0n) is 11.3. The van der Waals surface area contributed by atoms with E-state index in [0.29, 0.717) is 11.5 Å². The molecule has 0 aliphatic carbocycles. The van der Waals surface area contributed by atoms with Crippen molar-refractivity contribution < 1.29 is 13.2 Å². The van der Waals surface area contributed by atoms with Crippen LogP contribution in [0.1, 0.15) is 16.8 Å². The van der Waals surface area contributed by atoms with Crippen molar-refractivity contribution in [3.63, 3.8) is 0 Å². The molecule has 2 rings (SSSR count). The van der Waals surface area contributed by atoms with Gasteiger partial charge in [-0.1, -0.05) is 18.2 Å². The van der Waals surface area contributed by atoms with Crippen LogP contribution in [-0.4, -0.2) is 17.0 Å². The molecule has 3 nitrogen and oxygen atoms in total. The molecule has 0 radical (unpaired) electrons. The second kappa shape index (κ2) is 5.11. The number of rotatable bonds is 2. The van der Waals surface area contributed by atoms with E-state index < -0.39 is 11.7 Å². The zero-order chi connectivity index (χ0) is 14.9. The van der Waals surface area contributed by atoms with Gasteiger partial charge in [-0.05, 0) is 19.9 Å². The molecule has 0 amide bonds. The number of benzene rings is 1. The molecule has 0 saturated heterocycles. The van der Waals surface area contributed by atoms with Crippen LogP contribution >= 0.6 is 0 Å². The number of hydrogen-bond donors (Lipinski definition) is 1. The largest absolute Gasteiger partial charge is 0.417 e. The standard InChI is InChI=1S/C14H14F3N3/c1-8-9(2)19-13(20-12(8)18-3)10-6-4-5-7-11(10)14(15,16)17/h4-7H,1-3H3,(H,18,19,20). The van der Waals surface area contributed by atoms with Gasteiger partial charge < -0.3 is 5.32 Å².